The molecule has 2 amide bonds. The van der Waals surface area contributed by atoms with Crippen molar-refractivity contribution in [3.8, 4) is 0 Å². The van der Waals surface area contributed by atoms with Crippen LogP contribution in [0.15, 0.2) is 24.3 Å². The van der Waals surface area contributed by atoms with Gasteiger partial charge in [-0.3, -0.25) is 9.59 Å². The largest absolute Gasteiger partial charge is 0.352 e. The standard InChI is InChI=1S/C18H27N3O2/c1-2-12-19-18(23)14-8-10-16(11-9-14)21-17(22)13-20-15-6-4-3-5-7-15/h8-11,15,20H,2-7,12-13H2,1H3,(H,19,23)(H,21,22). The minimum Gasteiger partial charge on any atom is -0.352 e. The fourth-order valence-corrected chi connectivity index (χ4v) is 2.79. The van der Waals surface area contributed by atoms with E-state index in [-0.39, 0.29) is 11.8 Å². The van der Waals surface area contributed by atoms with E-state index in [1.807, 2.05) is 6.92 Å². The van der Waals surface area contributed by atoms with Crippen LogP contribution in [0.2, 0.25) is 0 Å². The normalized spacial score (nSPS) is 15.2. The predicted molar refractivity (Wildman–Crippen MR) is 92.6 cm³/mol. The summed E-state index contributed by atoms with van der Waals surface area (Å²) in [6, 6.07) is 7.46. The van der Waals surface area contributed by atoms with Crippen molar-refractivity contribution in [3.05, 3.63) is 29.8 Å². The van der Waals surface area contributed by atoms with Gasteiger partial charge in [-0.1, -0.05) is 26.2 Å². The van der Waals surface area contributed by atoms with Crippen LogP contribution in [0.25, 0.3) is 0 Å². The summed E-state index contributed by atoms with van der Waals surface area (Å²) >= 11 is 0. The van der Waals surface area contributed by atoms with E-state index in [0.717, 1.165) is 19.3 Å². The molecule has 1 fully saturated rings. The monoisotopic (exact) mass is 317 g/mol. The van der Waals surface area contributed by atoms with Crippen LogP contribution in [-0.4, -0.2) is 30.9 Å². The first-order valence-electron chi connectivity index (χ1n) is 8.60. The molecule has 0 bridgehead atoms. The summed E-state index contributed by atoms with van der Waals surface area (Å²) < 4.78 is 0. The van der Waals surface area contributed by atoms with E-state index in [1.54, 1.807) is 24.3 Å². The Morgan fingerprint density at radius 3 is 2.43 bits per heavy atom. The van der Waals surface area contributed by atoms with Crippen molar-refractivity contribution in [1.29, 1.82) is 0 Å². The molecule has 0 aromatic heterocycles. The van der Waals surface area contributed by atoms with E-state index in [9.17, 15) is 9.59 Å². The van der Waals surface area contributed by atoms with Crippen molar-refractivity contribution < 1.29 is 9.59 Å². The van der Waals surface area contributed by atoms with Crippen molar-refractivity contribution >= 4 is 17.5 Å². The topological polar surface area (TPSA) is 70.2 Å². The summed E-state index contributed by atoms with van der Waals surface area (Å²) in [5.41, 5.74) is 1.32. The zero-order valence-corrected chi connectivity index (χ0v) is 13.9. The zero-order valence-electron chi connectivity index (χ0n) is 13.9. The molecule has 5 heteroatoms. The van der Waals surface area contributed by atoms with Crippen LogP contribution in [0, 0.1) is 0 Å². The van der Waals surface area contributed by atoms with Gasteiger partial charge in [-0.2, -0.15) is 0 Å². The van der Waals surface area contributed by atoms with Gasteiger partial charge < -0.3 is 16.0 Å². The number of benzene rings is 1. The second-order valence-corrected chi connectivity index (χ2v) is 6.10. The van der Waals surface area contributed by atoms with Crippen LogP contribution in [0.3, 0.4) is 0 Å². The number of rotatable bonds is 7. The molecule has 1 aliphatic rings. The Hall–Kier alpha value is -1.88. The van der Waals surface area contributed by atoms with Crippen molar-refractivity contribution in [2.75, 3.05) is 18.4 Å². The van der Waals surface area contributed by atoms with E-state index < -0.39 is 0 Å². The van der Waals surface area contributed by atoms with Gasteiger partial charge in [0.15, 0.2) is 0 Å². The molecule has 0 heterocycles. The summed E-state index contributed by atoms with van der Waals surface area (Å²) in [5, 5.41) is 9.01. The van der Waals surface area contributed by atoms with Crippen LogP contribution in [0.4, 0.5) is 5.69 Å². The number of hydrogen-bond acceptors (Lipinski definition) is 3. The Morgan fingerprint density at radius 1 is 1.09 bits per heavy atom. The van der Waals surface area contributed by atoms with Crippen LogP contribution in [0.1, 0.15) is 55.8 Å². The fraction of sp³-hybridized carbons (Fsp3) is 0.556. The van der Waals surface area contributed by atoms with Gasteiger partial charge in [-0.05, 0) is 43.5 Å². The zero-order chi connectivity index (χ0) is 16.5. The third kappa shape index (κ3) is 6.02. The molecule has 2 rings (SSSR count). The molecule has 1 aromatic carbocycles. The second-order valence-electron chi connectivity index (χ2n) is 6.10. The van der Waals surface area contributed by atoms with E-state index in [2.05, 4.69) is 16.0 Å². The molecule has 1 saturated carbocycles. The maximum Gasteiger partial charge on any atom is 0.251 e. The Labute approximate surface area is 138 Å². The Morgan fingerprint density at radius 2 is 1.78 bits per heavy atom. The third-order valence-electron chi connectivity index (χ3n) is 4.12. The van der Waals surface area contributed by atoms with Crippen LogP contribution in [0.5, 0.6) is 0 Å². The van der Waals surface area contributed by atoms with Gasteiger partial charge in [0.25, 0.3) is 5.91 Å². The first-order valence-corrected chi connectivity index (χ1v) is 8.60. The number of anilines is 1. The lowest BCUT2D eigenvalue weighted by Crippen LogP contribution is -2.37. The van der Waals surface area contributed by atoms with Crippen LogP contribution < -0.4 is 16.0 Å². The SMILES string of the molecule is CCCNC(=O)c1ccc(NC(=O)CNC2CCCCC2)cc1. The van der Waals surface area contributed by atoms with Gasteiger partial charge in [0.2, 0.25) is 5.91 Å². The van der Waals surface area contributed by atoms with Crippen molar-refractivity contribution in [2.24, 2.45) is 0 Å². The molecule has 5 nitrogen and oxygen atoms in total. The lowest BCUT2D eigenvalue weighted by molar-refractivity contribution is -0.115. The van der Waals surface area contributed by atoms with Gasteiger partial charge in [0.1, 0.15) is 0 Å². The number of carbonyl (C=O) groups is 2. The highest BCUT2D eigenvalue weighted by molar-refractivity contribution is 5.96. The Balaban J connectivity index is 1.76. The lowest BCUT2D eigenvalue weighted by Gasteiger charge is -2.22. The smallest absolute Gasteiger partial charge is 0.251 e. The summed E-state index contributed by atoms with van der Waals surface area (Å²) in [6.07, 6.45) is 7.04. The molecule has 0 aliphatic heterocycles. The van der Waals surface area contributed by atoms with E-state index in [4.69, 9.17) is 0 Å². The molecule has 0 spiro atoms. The van der Waals surface area contributed by atoms with Gasteiger partial charge >= 0.3 is 0 Å². The Kier molecular flexibility index (Phi) is 7.07. The van der Waals surface area contributed by atoms with Gasteiger partial charge in [-0.15, -0.1) is 0 Å². The predicted octanol–water partition coefficient (Wildman–Crippen LogP) is 2.69. The van der Waals surface area contributed by atoms with Crippen LogP contribution in [-0.2, 0) is 4.79 Å². The fourth-order valence-electron chi connectivity index (χ4n) is 2.79. The highest BCUT2D eigenvalue weighted by atomic mass is 16.2. The Bertz CT molecular complexity index is 508. The molecular formula is C18H27N3O2. The van der Waals surface area contributed by atoms with Crippen molar-refractivity contribution in [3.63, 3.8) is 0 Å². The summed E-state index contributed by atoms with van der Waals surface area (Å²) in [7, 11) is 0. The van der Waals surface area contributed by atoms with E-state index in [1.165, 1.54) is 19.3 Å². The summed E-state index contributed by atoms with van der Waals surface area (Å²) in [4.78, 5) is 23.8. The second kappa shape index (κ2) is 9.30. The quantitative estimate of drug-likeness (QED) is 0.724. The number of nitrogens with one attached hydrogen (secondary N) is 3. The summed E-state index contributed by atoms with van der Waals surface area (Å²) in [6.45, 7) is 3.02. The molecule has 3 N–H and O–H groups in total. The number of amides is 2. The van der Waals surface area contributed by atoms with E-state index in [0.29, 0.717) is 30.4 Å². The maximum absolute atomic E-state index is 12.0. The van der Waals surface area contributed by atoms with Crippen LogP contribution >= 0.6 is 0 Å². The summed E-state index contributed by atoms with van der Waals surface area (Å²) in [5.74, 6) is -0.123. The molecule has 0 unspecified atom stereocenters. The minimum atomic E-state index is -0.0799. The average Bonchev–Trinajstić information content (AvgIpc) is 2.59. The minimum absolute atomic E-state index is 0.0428. The molecular weight excluding hydrogens is 290 g/mol. The third-order valence-corrected chi connectivity index (χ3v) is 4.12. The molecule has 23 heavy (non-hydrogen) atoms. The molecule has 0 atom stereocenters. The average molecular weight is 317 g/mol. The van der Waals surface area contributed by atoms with Gasteiger partial charge in [0, 0.05) is 23.8 Å². The number of hydrogen-bond donors (Lipinski definition) is 3. The highest BCUT2D eigenvalue weighted by Gasteiger charge is 2.14. The first kappa shape index (κ1) is 17.5. The molecule has 0 radical (unpaired) electrons. The van der Waals surface area contributed by atoms with Gasteiger partial charge in [0.05, 0.1) is 6.54 Å². The number of carbonyl (C=O) groups excluding carboxylic acids is 2. The first-order chi connectivity index (χ1) is 11.2. The van der Waals surface area contributed by atoms with Crippen molar-refractivity contribution in [1.82, 2.24) is 10.6 Å². The molecule has 126 valence electrons. The molecule has 1 aromatic rings. The van der Waals surface area contributed by atoms with E-state index >= 15 is 0 Å². The molecule has 1 aliphatic carbocycles. The van der Waals surface area contributed by atoms with Crippen molar-refractivity contribution in [2.45, 2.75) is 51.5 Å². The lowest BCUT2D eigenvalue weighted by atomic mass is 9.95. The molecule has 0 saturated heterocycles. The maximum atomic E-state index is 12.0. The van der Waals surface area contributed by atoms with Gasteiger partial charge in [-0.25, -0.2) is 0 Å². The highest BCUT2D eigenvalue weighted by Crippen LogP contribution is 2.17.